The summed E-state index contributed by atoms with van der Waals surface area (Å²) in [7, 11) is 0. The minimum atomic E-state index is 0.600. The van der Waals surface area contributed by atoms with E-state index in [1.807, 2.05) is 42.1 Å². The maximum Gasteiger partial charge on any atom is 0.138 e. The van der Waals surface area contributed by atoms with Gasteiger partial charge in [0.25, 0.3) is 0 Å². The van der Waals surface area contributed by atoms with Gasteiger partial charge < -0.3 is 4.74 Å². The van der Waals surface area contributed by atoms with Crippen molar-refractivity contribution in [1.82, 2.24) is 0 Å². The number of halogens is 1. The highest BCUT2D eigenvalue weighted by molar-refractivity contribution is 7.99. The second-order valence-electron chi connectivity index (χ2n) is 4.64. The van der Waals surface area contributed by atoms with E-state index in [9.17, 15) is 0 Å². The molecule has 0 atom stereocenters. The van der Waals surface area contributed by atoms with Crippen molar-refractivity contribution in [2.75, 3.05) is 11.7 Å². The van der Waals surface area contributed by atoms with E-state index in [0.29, 0.717) is 5.94 Å². The van der Waals surface area contributed by atoms with Crippen molar-refractivity contribution in [2.24, 2.45) is 0 Å². The van der Waals surface area contributed by atoms with Gasteiger partial charge in [-0.1, -0.05) is 36.4 Å². The molecular weight excluding hydrogens is 320 g/mol. The molecule has 112 valence electrons. The van der Waals surface area contributed by atoms with Crippen molar-refractivity contribution in [1.29, 1.82) is 0 Å². The summed E-state index contributed by atoms with van der Waals surface area (Å²) < 4.78 is 5.83. The van der Waals surface area contributed by atoms with Crippen LogP contribution >= 0.6 is 35.1 Å². The third-order valence-corrected chi connectivity index (χ3v) is 5.34. The van der Waals surface area contributed by atoms with Gasteiger partial charge in [0.15, 0.2) is 0 Å². The highest BCUT2D eigenvalue weighted by Crippen LogP contribution is 2.28. The molecule has 0 saturated carbocycles. The number of benzene rings is 2. The molecule has 2 aromatic rings. The Balaban J connectivity index is 1.89. The number of ether oxygens (including phenoxy) is 1. The number of aryl methyl sites for hydroxylation is 1. The Bertz CT molecular complexity index is 570. The van der Waals surface area contributed by atoms with Gasteiger partial charge in [-0.15, -0.1) is 11.8 Å². The van der Waals surface area contributed by atoms with Crippen LogP contribution in [0.25, 0.3) is 0 Å². The van der Waals surface area contributed by atoms with Gasteiger partial charge in [0.1, 0.15) is 11.7 Å². The van der Waals surface area contributed by atoms with Crippen molar-refractivity contribution >= 4 is 35.1 Å². The zero-order valence-corrected chi connectivity index (χ0v) is 14.7. The molecule has 0 unspecified atom stereocenters. The predicted molar refractivity (Wildman–Crippen MR) is 95.0 cm³/mol. The molecule has 0 aliphatic heterocycles. The minimum absolute atomic E-state index is 0.600. The second-order valence-corrected chi connectivity index (χ2v) is 7.21. The third kappa shape index (κ3) is 5.50. The molecule has 0 aliphatic carbocycles. The lowest BCUT2D eigenvalue weighted by molar-refractivity contribution is 0.392. The fourth-order valence-electron chi connectivity index (χ4n) is 1.73. The molecule has 0 spiro atoms. The maximum absolute atomic E-state index is 5.87. The van der Waals surface area contributed by atoms with Gasteiger partial charge in [-0.2, -0.15) is 0 Å². The summed E-state index contributed by atoms with van der Waals surface area (Å²) in [6.45, 7) is 4.34. The van der Waals surface area contributed by atoms with Crippen LogP contribution in [0.5, 0.6) is 5.75 Å². The summed E-state index contributed by atoms with van der Waals surface area (Å²) in [6.07, 6.45) is 1.18. The molecule has 2 aromatic carbocycles. The fraction of sp³-hybridized carbons (Fsp3) is 0.294. The molecule has 0 radical (unpaired) electrons. The molecule has 0 N–H and O–H groups in total. The number of thioether (sulfide) groups is 2. The summed E-state index contributed by atoms with van der Waals surface area (Å²) in [6, 6.07) is 14.1. The Morgan fingerprint density at radius 1 is 1.05 bits per heavy atom. The molecule has 0 amide bonds. The van der Waals surface area contributed by atoms with Crippen LogP contribution in [-0.2, 0) is 0 Å². The third-order valence-electron chi connectivity index (χ3n) is 2.89. The minimum Gasteiger partial charge on any atom is -0.483 e. The lowest BCUT2D eigenvalue weighted by Crippen LogP contribution is -1.93. The summed E-state index contributed by atoms with van der Waals surface area (Å²) in [5.74, 6) is 2.67. The van der Waals surface area contributed by atoms with Gasteiger partial charge in [-0.25, -0.2) is 0 Å². The molecule has 0 aliphatic rings. The van der Waals surface area contributed by atoms with Gasteiger partial charge in [0, 0.05) is 14.8 Å². The van der Waals surface area contributed by atoms with Crippen molar-refractivity contribution in [3.63, 3.8) is 0 Å². The Morgan fingerprint density at radius 2 is 1.81 bits per heavy atom. The van der Waals surface area contributed by atoms with E-state index in [2.05, 4.69) is 26.0 Å². The zero-order chi connectivity index (χ0) is 15.1. The summed E-state index contributed by atoms with van der Waals surface area (Å²) >= 11 is 9.43. The molecule has 1 nitrogen and oxygen atoms in total. The van der Waals surface area contributed by atoms with Crippen molar-refractivity contribution in [3.05, 3.63) is 53.1 Å². The number of hydrogen-bond donors (Lipinski definition) is 0. The van der Waals surface area contributed by atoms with Gasteiger partial charge >= 0.3 is 0 Å². The van der Waals surface area contributed by atoms with E-state index in [1.54, 1.807) is 11.8 Å². The molecule has 0 aromatic heterocycles. The Kier molecular flexibility index (Phi) is 6.81. The molecule has 2 rings (SSSR count). The van der Waals surface area contributed by atoms with Crippen LogP contribution in [0.3, 0.4) is 0 Å². The summed E-state index contributed by atoms with van der Waals surface area (Å²) in [5, 5.41) is 0.761. The smallest absolute Gasteiger partial charge is 0.138 e. The molecule has 0 fully saturated rings. The van der Waals surface area contributed by atoms with E-state index in [4.69, 9.17) is 16.3 Å². The quantitative estimate of drug-likeness (QED) is 0.434. The van der Waals surface area contributed by atoms with Crippen LogP contribution in [0.2, 0.25) is 5.02 Å². The molecule has 0 bridgehead atoms. The summed E-state index contributed by atoms with van der Waals surface area (Å²) in [5.41, 5.74) is 1.31. The first kappa shape index (κ1) is 16.6. The topological polar surface area (TPSA) is 9.23 Å². The molecule has 0 saturated heterocycles. The van der Waals surface area contributed by atoms with Crippen LogP contribution < -0.4 is 4.74 Å². The van der Waals surface area contributed by atoms with E-state index < -0.39 is 0 Å². The first-order chi connectivity index (χ1) is 10.2. The van der Waals surface area contributed by atoms with Crippen LogP contribution in [0.15, 0.2) is 52.3 Å². The molecule has 0 heterocycles. The van der Waals surface area contributed by atoms with Gasteiger partial charge in [-0.05, 0) is 61.1 Å². The van der Waals surface area contributed by atoms with Crippen LogP contribution in [-0.4, -0.2) is 11.7 Å². The van der Waals surface area contributed by atoms with Gasteiger partial charge in [0.05, 0.1) is 0 Å². The monoisotopic (exact) mass is 338 g/mol. The normalized spacial score (nSPS) is 10.6. The lowest BCUT2D eigenvalue weighted by atomic mass is 10.2. The van der Waals surface area contributed by atoms with Crippen LogP contribution in [0.1, 0.15) is 18.9 Å². The molecule has 4 heteroatoms. The SMILES string of the molecule is CCCSc1cc(OCSc2ccc(Cl)cc2)ccc1C. The number of hydrogen-bond acceptors (Lipinski definition) is 3. The number of rotatable bonds is 7. The standard InChI is InChI=1S/C17H19ClOS2/c1-3-10-20-17-11-15(7-4-13(17)2)19-12-21-16-8-5-14(18)6-9-16/h4-9,11H,3,10,12H2,1-2H3. The van der Waals surface area contributed by atoms with Crippen molar-refractivity contribution < 1.29 is 4.74 Å². The predicted octanol–water partition coefficient (Wildman–Crippen LogP) is 6.28. The lowest BCUT2D eigenvalue weighted by Gasteiger charge is -2.10. The van der Waals surface area contributed by atoms with E-state index >= 15 is 0 Å². The van der Waals surface area contributed by atoms with E-state index in [0.717, 1.165) is 21.4 Å². The zero-order valence-electron chi connectivity index (χ0n) is 12.3. The Labute approximate surface area is 140 Å². The maximum atomic E-state index is 5.87. The van der Waals surface area contributed by atoms with Crippen LogP contribution in [0.4, 0.5) is 0 Å². The fourth-order valence-corrected chi connectivity index (χ4v) is 3.44. The largest absolute Gasteiger partial charge is 0.483 e. The van der Waals surface area contributed by atoms with Crippen molar-refractivity contribution in [3.8, 4) is 5.75 Å². The van der Waals surface area contributed by atoms with Crippen LogP contribution in [0, 0.1) is 6.92 Å². The van der Waals surface area contributed by atoms with E-state index in [-0.39, 0.29) is 0 Å². The average Bonchev–Trinajstić information content (AvgIpc) is 2.49. The van der Waals surface area contributed by atoms with Crippen molar-refractivity contribution in [2.45, 2.75) is 30.1 Å². The average molecular weight is 339 g/mol. The second kappa shape index (κ2) is 8.62. The highest BCUT2D eigenvalue weighted by Gasteiger charge is 2.02. The highest BCUT2D eigenvalue weighted by atomic mass is 35.5. The first-order valence-corrected chi connectivity index (χ1v) is 9.28. The van der Waals surface area contributed by atoms with Gasteiger partial charge in [0.2, 0.25) is 0 Å². The Morgan fingerprint density at radius 3 is 2.52 bits per heavy atom. The Hall–Kier alpha value is -0.770. The summed E-state index contributed by atoms with van der Waals surface area (Å²) in [4.78, 5) is 2.47. The molecular formula is C17H19ClOS2. The first-order valence-electron chi connectivity index (χ1n) is 6.93. The molecule has 21 heavy (non-hydrogen) atoms. The van der Waals surface area contributed by atoms with E-state index in [1.165, 1.54) is 16.9 Å². The van der Waals surface area contributed by atoms with Gasteiger partial charge in [-0.3, -0.25) is 0 Å².